The molecule has 0 bridgehead atoms. The third-order valence-corrected chi connectivity index (χ3v) is 4.44. The van der Waals surface area contributed by atoms with E-state index >= 15 is 0 Å². The van der Waals surface area contributed by atoms with Crippen molar-refractivity contribution in [3.05, 3.63) is 12.2 Å². The molecule has 2 unspecified atom stereocenters. The van der Waals surface area contributed by atoms with Crippen LogP contribution < -0.4 is 5.32 Å². The molecule has 4 nitrogen and oxygen atoms in total. The van der Waals surface area contributed by atoms with Gasteiger partial charge in [-0.3, -0.25) is 4.79 Å². The fraction of sp³-hybridized carbons (Fsp3) is 0.850. The average Bonchev–Trinajstić information content (AvgIpc) is 2.62. The second kappa shape index (κ2) is 17.4. The Morgan fingerprint density at radius 1 is 0.962 bits per heavy atom. The average molecular weight is 378 g/mol. The van der Waals surface area contributed by atoms with Crippen LogP contribution in [0.4, 0.5) is 8.78 Å². The van der Waals surface area contributed by atoms with Crippen LogP contribution in [-0.2, 0) is 4.79 Å². The minimum Gasteiger partial charge on any atom is -0.394 e. The number of aliphatic hydroxyl groups is 2. The Hall–Kier alpha value is -1.01. The van der Waals surface area contributed by atoms with Crippen molar-refractivity contribution in [2.75, 3.05) is 6.61 Å². The van der Waals surface area contributed by atoms with Crippen molar-refractivity contribution in [2.45, 2.75) is 103 Å². The molecule has 0 saturated heterocycles. The molecule has 6 heteroatoms. The molecule has 0 aromatic heterocycles. The summed E-state index contributed by atoms with van der Waals surface area (Å²) < 4.78 is 24.3. The quantitative estimate of drug-likeness (QED) is 0.261. The summed E-state index contributed by atoms with van der Waals surface area (Å²) in [5.41, 5.74) is 0. The predicted molar refractivity (Wildman–Crippen MR) is 101 cm³/mol. The second-order valence-corrected chi connectivity index (χ2v) is 6.84. The Morgan fingerprint density at radius 2 is 1.46 bits per heavy atom. The van der Waals surface area contributed by atoms with Crippen LogP contribution in [0.25, 0.3) is 0 Å². The summed E-state index contributed by atoms with van der Waals surface area (Å²) in [6, 6.07) is -1.11. The van der Waals surface area contributed by atoms with Crippen LogP contribution in [0.2, 0.25) is 0 Å². The molecule has 0 aromatic rings. The van der Waals surface area contributed by atoms with Gasteiger partial charge in [0.05, 0.1) is 18.8 Å². The van der Waals surface area contributed by atoms with Gasteiger partial charge in [-0.25, -0.2) is 0 Å². The first-order chi connectivity index (χ1) is 12.5. The van der Waals surface area contributed by atoms with Gasteiger partial charge in [0.2, 0.25) is 0 Å². The normalized spacial score (nSPS) is 14.1. The monoisotopic (exact) mass is 377 g/mol. The molecule has 3 N–H and O–H groups in total. The lowest BCUT2D eigenvalue weighted by Crippen LogP contribution is -2.47. The molecule has 0 aliphatic heterocycles. The van der Waals surface area contributed by atoms with Crippen molar-refractivity contribution in [3.63, 3.8) is 0 Å². The van der Waals surface area contributed by atoms with Crippen LogP contribution in [0.5, 0.6) is 0 Å². The van der Waals surface area contributed by atoms with Crippen molar-refractivity contribution in [3.8, 4) is 0 Å². The number of halogens is 2. The number of carbonyl (C=O) groups is 1. The molecule has 154 valence electrons. The topological polar surface area (TPSA) is 69.6 Å². The number of hydrogen-bond acceptors (Lipinski definition) is 3. The third-order valence-electron chi connectivity index (χ3n) is 4.44. The van der Waals surface area contributed by atoms with Crippen LogP contribution in [0.15, 0.2) is 12.2 Å². The summed E-state index contributed by atoms with van der Waals surface area (Å²) in [7, 11) is 0. The molecule has 0 spiro atoms. The summed E-state index contributed by atoms with van der Waals surface area (Å²) >= 11 is 0. The molecular weight excluding hydrogens is 340 g/mol. The minimum atomic E-state index is -3.16. The Balaban J connectivity index is 3.62. The number of unbranched alkanes of at least 4 members (excludes halogenated alkanes) is 11. The van der Waals surface area contributed by atoms with Crippen LogP contribution >= 0.6 is 0 Å². The molecule has 0 heterocycles. The number of allylic oxidation sites excluding steroid dienone is 1. The van der Waals surface area contributed by atoms with E-state index in [4.69, 9.17) is 5.11 Å². The van der Waals surface area contributed by atoms with E-state index in [1.54, 1.807) is 6.08 Å². The van der Waals surface area contributed by atoms with Crippen molar-refractivity contribution in [2.24, 2.45) is 0 Å². The van der Waals surface area contributed by atoms with E-state index in [-0.39, 0.29) is 0 Å². The van der Waals surface area contributed by atoms with Gasteiger partial charge in [0.15, 0.2) is 0 Å². The minimum absolute atomic E-state index is 0.595. The fourth-order valence-electron chi connectivity index (χ4n) is 2.78. The molecule has 0 rings (SSSR count). The standard InChI is InChI=1S/C20H37F2NO3/c1-2-3-4-5-6-7-8-9-10-11-12-13-14-15-18(25)17(16-24)23-20(26)19(21)22/h14-15,17-19,24-25H,2-13,16H2,1H3,(H,23,26). The summed E-state index contributed by atoms with van der Waals surface area (Å²) in [6.45, 7) is 1.63. The van der Waals surface area contributed by atoms with E-state index in [1.165, 1.54) is 63.9 Å². The van der Waals surface area contributed by atoms with E-state index in [2.05, 4.69) is 6.92 Å². The van der Waals surface area contributed by atoms with Gasteiger partial charge < -0.3 is 15.5 Å². The number of rotatable bonds is 17. The van der Waals surface area contributed by atoms with Gasteiger partial charge in [0.25, 0.3) is 5.91 Å². The Kier molecular flexibility index (Phi) is 16.7. The van der Waals surface area contributed by atoms with Gasteiger partial charge in [0, 0.05) is 0 Å². The third kappa shape index (κ3) is 14.2. The van der Waals surface area contributed by atoms with Gasteiger partial charge in [-0.2, -0.15) is 8.78 Å². The maximum absolute atomic E-state index is 12.2. The molecule has 0 radical (unpaired) electrons. The second-order valence-electron chi connectivity index (χ2n) is 6.84. The molecule has 0 saturated carbocycles. The summed E-state index contributed by atoms with van der Waals surface area (Å²) in [6.07, 6.45) is 13.6. The van der Waals surface area contributed by atoms with Crippen molar-refractivity contribution >= 4 is 5.91 Å². The lowest BCUT2D eigenvalue weighted by atomic mass is 10.0. The SMILES string of the molecule is CCCCCCCCCCCCCC=CC(O)C(CO)NC(=O)C(F)F. The highest BCUT2D eigenvalue weighted by atomic mass is 19.3. The van der Waals surface area contributed by atoms with E-state index in [0.717, 1.165) is 19.3 Å². The fourth-order valence-corrected chi connectivity index (χ4v) is 2.78. The smallest absolute Gasteiger partial charge is 0.315 e. The van der Waals surface area contributed by atoms with Crippen LogP contribution in [0.3, 0.4) is 0 Å². The van der Waals surface area contributed by atoms with Crippen molar-refractivity contribution < 1.29 is 23.8 Å². The number of carbonyl (C=O) groups excluding carboxylic acids is 1. The first kappa shape index (κ1) is 25.0. The first-order valence-electron chi connectivity index (χ1n) is 10.1. The molecule has 26 heavy (non-hydrogen) atoms. The van der Waals surface area contributed by atoms with Gasteiger partial charge in [-0.1, -0.05) is 83.3 Å². The maximum Gasteiger partial charge on any atom is 0.315 e. The predicted octanol–water partition coefficient (Wildman–Crippen LogP) is 4.35. The highest BCUT2D eigenvalue weighted by Crippen LogP contribution is 2.12. The van der Waals surface area contributed by atoms with E-state index in [9.17, 15) is 18.7 Å². The largest absolute Gasteiger partial charge is 0.394 e. The highest BCUT2D eigenvalue weighted by Gasteiger charge is 2.23. The van der Waals surface area contributed by atoms with E-state index < -0.39 is 31.1 Å². The Bertz CT molecular complexity index is 365. The number of nitrogens with one attached hydrogen (secondary N) is 1. The first-order valence-corrected chi connectivity index (χ1v) is 10.1. The van der Waals surface area contributed by atoms with Gasteiger partial charge in [0.1, 0.15) is 0 Å². The van der Waals surface area contributed by atoms with Gasteiger partial charge in [-0.05, 0) is 12.8 Å². The number of alkyl halides is 2. The summed E-state index contributed by atoms with van der Waals surface area (Å²) in [4.78, 5) is 10.9. The zero-order valence-corrected chi connectivity index (χ0v) is 16.1. The molecule has 2 atom stereocenters. The molecule has 0 aromatic carbocycles. The van der Waals surface area contributed by atoms with E-state index in [1.807, 2.05) is 5.32 Å². The molecular formula is C20H37F2NO3. The van der Waals surface area contributed by atoms with Crippen molar-refractivity contribution in [1.82, 2.24) is 5.32 Å². The summed E-state index contributed by atoms with van der Waals surface area (Å²) in [5, 5.41) is 20.8. The molecule has 0 aliphatic carbocycles. The zero-order valence-electron chi connectivity index (χ0n) is 16.1. The van der Waals surface area contributed by atoms with Gasteiger partial charge >= 0.3 is 6.43 Å². The van der Waals surface area contributed by atoms with E-state index in [0.29, 0.717) is 0 Å². The maximum atomic E-state index is 12.2. The van der Waals surface area contributed by atoms with Crippen LogP contribution in [-0.4, -0.2) is 41.3 Å². The molecule has 1 amide bonds. The number of hydrogen-bond donors (Lipinski definition) is 3. The number of amides is 1. The summed E-state index contributed by atoms with van der Waals surface area (Å²) in [5.74, 6) is -1.48. The van der Waals surface area contributed by atoms with Gasteiger partial charge in [-0.15, -0.1) is 0 Å². The lowest BCUT2D eigenvalue weighted by molar-refractivity contribution is -0.133. The molecule has 0 aliphatic rings. The highest BCUT2D eigenvalue weighted by molar-refractivity contribution is 5.79. The van der Waals surface area contributed by atoms with Crippen LogP contribution in [0, 0.1) is 0 Å². The lowest BCUT2D eigenvalue weighted by Gasteiger charge is -2.19. The Morgan fingerprint density at radius 3 is 1.92 bits per heavy atom. The number of aliphatic hydroxyl groups excluding tert-OH is 2. The zero-order chi connectivity index (χ0) is 19.6. The van der Waals surface area contributed by atoms with Crippen LogP contribution in [0.1, 0.15) is 84.0 Å². The Labute approximate surface area is 157 Å². The molecule has 0 fully saturated rings. The van der Waals surface area contributed by atoms with Crippen molar-refractivity contribution in [1.29, 1.82) is 0 Å².